The molecule has 0 saturated heterocycles. The summed E-state index contributed by atoms with van der Waals surface area (Å²) in [4.78, 5) is 11.1. The first kappa shape index (κ1) is 12.5. The van der Waals surface area contributed by atoms with Gasteiger partial charge >= 0.3 is 5.97 Å². The Hall–Kier alpha value is -0.530. The van der Waals surface area contributed by atoms with E-state index in [1.807, 2.05) is 0 Å². The summed E-state index contributed by atoms with van der Waals surface area (Å²) in [6, 6.07) is 0. The van der Waals surface area contributed by atoms with Gasteiger partial charge in [-0.2, -0.15) is 0 Å². The smallest absolute Gasteiger partial charge is 0.306 e. The molecule has 0 bridgehead atoms. The Morgan fingerprint density at radius 2 is 2.07 bits per heavy atom. The highest BCUT2D eigenvalue weighted by atomic mass is 16.4. The predicted molar refractivity (Wildman–Crippen MR) is 61.7 cm³/mol. The lowest BCUT2D eigenvalue weighted by molar-refractivity contribution is -0.145. The van der Waals surface area contributed by atoms with Gasteiger partial charge in [0.15, 0.2) is 0 Å². The van der Waals surface area contributed by atoms with Crippen LogP contribution in [0.15, 0.2) is 0 Å². The largest absolute Gasteiger partial charge is 0.481 e. The van der Waals surface area contributed by atoms with E-state index in [0.717, 1.165) is 31.6 Å². The number of carboxylic acid groups (broad SMARTS) is 1. The van der Waals surface area contributed by atoms with E-state index in [9.17, 15) is 9.90 Å². The van der Waals surface area contributed by atoms with E-state index in [0.29, 0.717) is 11.8 Å². The molecular formula is C13H24O2. The molecule has 1 rings (SSSR count). The summed E-state index contributed by atoms with van der Waals surface area (Å²) >= 11 is 0. The second-order valence-corrected chi connectivity index (χ2v) is 5.42. The lowest BCUT2D eigenvalue weighted by Gasteiger charge is -2.34. The maximum Gasteiger partial charge on any atom is 0.306 e. The summed E-state index contributed by atoms with van der Waals surface area (Å²) in [6.07, 6.45) is 5.42. The van der Waals surface area contributed by atoms with Crippen molar-refractivity contribution in [3.8, 4) is 0 Å². The maximum absolute atomic E-state index is 11.1. The maximum atomic E-state index is 11.1. The number of hydrogen-bond acceptors (Lipinski definition) is 1. The van der Waals surface area contributed by atoms with Gasteiger partial charge in [0.05, 0.1) is 5.92 Å². The molecule has 0 aliphatic heterocycles. The van der Waals surface area contributed by atoms with Crippen molar-refractivity contribution < 1.29 is 9.90 Å². The van der Waals surface area contributed by atoms with Crippen molar-refractivity contribution in [2.75, 3.05) is 0 Å². The van der Waals surface area contributed by atoms with Crippen LogP contribution in [0, 0.1) is 23.7 Å². The molecular weight excluding hydrogens is 188 g/mol. The third-order valence-corrected chi connectivity index (χ3v) is 3.76. The highest BCUT2D eigenvalue weighted by molar-refractivity contribution is 5.70. The van der Waals surface area contributed by atoms with Crippen molar-refractivity contribution >= 4 is 5.97 Å². The third kappa shape index (κ3) is 3.51. The quantitative estimate of drug-likeness (QED) is 0.773. The zero-order chi connectivity index (χ0) is 11.4. The zero-order valence-corrected chi connectivity index (χ0v) is 10.2. The van der Waals surface area contributed by atoms with Gasteiger partial charge < -0.3 is 5.11 Å². The van der Waals surface area contributed by atoms with Crippen LogP contribution in [0.1, 0.15) is 52.9 Å². The number of aliphatic carboxylic acids is 1. The summed E-state index contributed by atoms with van der Waals surface area (Å²) < 4.78 is 0. The molecule has 1 aliphatic carbocycles. The van der Waals surface area contributed by atoms with Gasteiger partial charge in [-0.05, 0) is 43.4 Å². The van der Waals surface area contributed by atoms with Crippen molar-refractivity contribution in [3.05, 3.63) is 0 Å². The van der Waals surface area contributed by atoms with Crippen LogP contribution in [0.5, 0.6) is 0 Å². The predicted octanol–water partition coefficient (Wildman–Crippen LogP) is 3.56. The second kappa shape index (κ2) is 5.53. The molecule has 88 valence electrons. The van der Waals surface area contributed by atoms with Gasteiger partial charge in [0.1, 0.15) is 0 Å². The van der Waals surface area contributed by atoms with E-state index in [1.165, 1.54) is 6.42 Å². The molecule has 0 aromatic rings. The minimum Gasteiger partial charge on any atom is -0.481 e. The van der Waals surface area contributed by atoms with Gasteiger partial charge in [-0.1, -0.05) is 27.2 Å². The summed E-state index contributed by atoms with van der Waals surface area (Å²) in [5, 5.41) is 9.18. The molecule has 1 fully saturated rings. The number of rotatable bonds is 4. The summed E-state index contributed by atoms with van der Waals surface area (Å²) in [5.74, 6) is 1.16. The monoisotopic (exact) mass is 212 g/mol. The van der Waals surface area contributed by atoms with Gasteiger partial charge in [-0.15, -0.1) is 0 Å². The van der Waals surface area contributed by atoms with Crippen molar-refractivity contribution in [3.63, 3.8) is 0 Å². The average Bonchev–Trinajstić information content (AvgIpc) is 2.16. The Morgan fingerprint density at radius 1 is 1.40 bits per heavy atom. The van der Waals surface area contributed by atoms with E-state index >= 15 is 0 Å². The summed E-state index contributed by atoms with van der Waals surface area (Å²) in [6.45, 7) is 6.60. The molecule has 2 heteroatoms. The van der Waals surface area contributed by atoms with E-state index in [1.54, 1.807) is 0 Å². The second-order valence-electron chi connectivity index (χ2n) is 5.42. The summed E-state index contributed by atoms with van der Waals surface area (Å²) in [7, 11) is 0. The Kier molecular flexibility index (Phi) is 4.62. The lowest BCUT2D eigenvalue weighted by atomic mass is 9.70. The van der Waals surface area contributed by atoms with Crippen LogP contribution >= 0.6 is 0 Å². The standard InChI is InChI=1S/C13H24O2/c1-4-10-5-6-12(13(14)15)11(8-10)7-9(2)3/h9-12H,4-8H2,1-3H3,(H,14,15). The zero-order valence-electron chi connectivity index (χ0n) is 10.2. The molecule has 15 heavy (non-hydrogen) atoms. The van der Waals surface area contributed by atoms with Crippen LogP contribution in [0.25, 0.3) is 0 Å². The lowest BCUT2D eigenvalue weighted by Crippen LogP contribution is -2.31. The number of hydrogen-bond donors (Lipinski definition) is 1. The Morgan fingerprint density at radius 3 is 2.53 bits per heavy atom. The number of carbonyl (C=O) groups is 1. The molecule has 1 saturated carbocycles. The first-order chi connectivity index (χ1) is 7.04. The number of carboxylic acids is 1. The van der Waals surface area contributed by atoms with Gasteiger partial charge in [0, 0.05) is 0 Å². The van der Waals surface area contributed by atoms with Crippen molar-refractivity contribution in [1.29, 1.82) is 0 Å². The molecule has 1 aliphatic rings. The Bertz CT molecular complexity index is 211. The SMILES string of the molecule is CCC1CCC(C(=O)O)C(CC(C)C)C1. The highest BCUT2D eigenvalue weighted by Crippen LogP contribution is 2.38. The molecule has 3 unspecified atom stereocenters. The van der Waals surface area contributed by atoms with Crippen molar-refractivity contribution in [1.82, 2.24) is 0 Å². The van der Waals surface area contributed by atoms with Gasteiger partial charge in [-0.25, -0.2) is 0 Å². The molecule has 0 aromatic carbocycles. The van der Waals surface area contributed by atoms with Gasteiger partial charge in [0.2, 0.25) is 0 Å². The molecule has 0 heterocycles. The van der Waals surface area contributed by atoms with Crippen LogP contribution in [0.3, 0.4) is 0 Å². The van der Waals surface area contributed by atoms with Crippen molar-refractivity contribution in [2.45, 2.75) is 52.9 Å². The third-order valence-electron chi connectivity index (χ3n) is 3.76. The first-order valence-electron chi connectivity index (χ1n) is 6.27. The average molecular weight is 212 g/mol. The fourth-order valence-corrected chi connectivity index (χ4v) is 2.92. The minimum absolute atomic E-state index is 0.0739. The summed E-state index contributed by atoms with van der Waals surface area (Å²) in [5.41, 5.74) is 0. The minimum atomic E-state index is -0.574. The molecule has 0 amide bonds. The van der Waals surface area contributed by atoms with Crippen LogP contribution in [-0.2, 0) is 4.79 Å². The molecule has 0 radical (unpaired) electrons. The first-order valence-corrected chi connectivity index (χ1v) is 6.27. The van der Waals surface area contributed by atoms with E-state index in [2.05, 4.69) is 20.8 Å². The molecule has 3 atom stereocenters. The Labute approximate surface area is 93.1 Å². The van der Waals surface area contributed by atoms with Crippen LogP contribution in [0.2, 0.25) is 0 Å². The van der Waals surface area contributed by atoms with Crippen LogP contribution < -0.4 is 0 Å². The molecule has 0 spiro atoms. The van der Waals surface area contributed by atoms with Gasteiger partial charge in [0.25, 0.3) is 0 Å². The molecule has 2 nitrogen and oxygen atoms in total. The Balaban J connectivity index is 2.60. The molecule has 0 aromatic heterocycles. The fraction of sp³-hybridized carbons (Fsp3) is 0.923. The normalized spacial score (nSPS) is 31.9. The highest BCUT2D eigenvalue weighted by Gasteiger charge is 2.34. The van der Waals surface area contributed by atoms with Gasteiger partial charge in [-0.3, -0.25) is 4.79 Å². The van der Waals surface area contributed by atoms with Crippen LogP contribution in [-0.4, -0.2) is 11.1 Å². The van der Waals surface area contributed by atoms with E-state index < -0.39 is 5.97 Å². The van der Waals surface area contributed by atoms with Crippen molar-refractivity contribution in [2.24, 2.45) is 23.7 Å². The van der Waals surface area contributed by atoms with E-state index in [-0.39, 0.29) is 5.92 Å². The van der Waals surface area contributed by atoms with Crippen LogP contribution in [0.4, 0.5) is 0 Å². The fourth-order valence-electron chi connectivity index (χ4n) is 2.92. The van der Waals surface area contributed by atoms with E-state index in [4.69, 9.17) is 0 Å². The topological polar surface area (TPSA) is 37.3 Å². The molecule has 1 N–H and O–H groups in total.